The van der Waals surface area contributed by atoms with E-state index in [-0.39, 0.29) is 5.54 Å². The molecule has 92 valence electrons. The third-order valence-corrected chi connectivity index (χ3v) is 10.9. The zero-order valence-electron chi connectivity index (χ0n) is 11.1. The maximum absolute atomic E-state index is 12.4. The molecule has 0 N–H and O–H groups in total. The Bertz CT molecular complexity index is 412. The van der Waals surface area contributed by atoms with Gasteiger partial charge in [0.1, 0.15) is 5.78 Å². The van der Waals surface area contributed by atoms with E-state index in [4.69, 9.17) is 0 Å². The number of fused-ring (bicyclic) bond motifs is 1. The molecule has 0 aliphatic heterocycles. The molecule has 1 aromatic rings. The average molecular weight is 246 g/mol. The summed E-state index contributed by atoms with van der Waals surface area (Å²) in [4.78, 5) is 12.4. The highest BCUT2D eigenvalue weighted by molar-refractivity contribution is 6.84. The van der Waals surface area contributed by atoms with Crippen molar-refractivity contribution < 1.29 is 4.79 Å². The van der Waals surface area contributed by atoms with Crippen LogP contribution in [0.1, 0.15) is 37.4 Å². The summed E-state index contributed by atoms with van der Waals surface area (Å²) in [7, 11) is -1.45. The van der Waals surface area contributed by atoms with Gasteiger partial charge in [-0.15, -0.1) is 0 Å². The number of Topliss-reactive ketones (excluding diaryl/α,β-unsaturated/α-hetero) is 1. The second kappa shape index (κ2) is 4.77. The van der Waals surface area contributed by atoms with Crippen LogP contribution in [0.15, 0.2) is 24.3 Å². The second-order valence-corrected chi connectivity index (χ2v) is 10.6. The molecule has 0 saturated carbocycles. The van der Waals surface area contributed by atoms with E-state index in [9.17, 15) is 4.79 Å². The monoisotopic (exact) mass is 246 g/mol. The lowest BCUT2D eigenvalue weighted by atomic mass is 10.1. The minimum absolute atomic E-state index is 0.277. The van der Waals surface area contributed by atoms with Crippen molar-refractivity contribution in [3.63, 3.8) is 0 Å². The molecule has 1 unspecified atom stereocenters. The van der Waals surface area contributed by atoms with Gasteiger partial charge >= 0.3 is 0 Å². The molecule has 1 aliphatic carbocycles. The first kappa shape index (κ1) is 12.6. The van der Waals surface area contributed by atoms with Crippen molar-refractivity contribution in [2.24, 2.45) is 0 Å². The molecule has 2 rings (SSSR count). The zero-order valence-corrected chi connectivity index (χ0v) is 12.1. The maximum Gasteiger partial charge on any atom is 0.142 e. The molecule has 0 radical (unpaired) electrons. The van der Waals surface area contributed by atoms with Crippen LogP contribution in [0.4, 0.5) is 0 Å². The second-order valence-electron chi connectivity index (χ2n) is 5.20. The van der Waals surface area contributed by atoms with Gasteiger partial charge in [0.2, 0.25) is 0 Å². The maximum atomic E-state index is 12.4. The quantitative estimate of drug-likeness (QED) is 0.735. The van der Waals surface area contributed by atoms with Gasteiger partial charge in [-0.25, -0.2) is 0 Å². The van der Waals surface area contributed by atoms with Gasteiger partial charge in [0.25, 0.3) is 0 Å². The largest absolute Gasteiger partial charge is 0.299 e. The summed E-state index contributed by atoms with van der Waals surface area (Å²) >= 11 is 0. The van der Waals surface area contributed by atoms with Gasteiger partial charge in [0.05, 0.1) is 8.07 Å². The Morgan fingerprint density at radius 3 is 2.29 bits per heavy atom. The van der Waals surface area contributed by atoms with Gasteiger partial charge in [-0.2, -0.15) is 0 Å². The van der Waals surface area contributed by atoms with Crippen LogP contribution in [0.5, 0.6) is 0 Å². The molecular weight excluding hydrogens is 224 g/mol. The van der Waals surface area contributed by atoms with Crippen molar-refractivity contribution in [3.05, 3.63) is 35.4 Å². The van der Waals surface area contributed by atoms with Crippen LogP contribution in [0.25, 0.3) is 0 Å². The number of hydrogen-bond acceptors (Lipinski definition) is 1. The lowest BCUT2D eigenvalue weighted by Gasteiger charge is -2.34. The molecule has 0 spiro atoms. The normalized spacial score (nSPS) is 19.5. The van der Waals surface area contributed by atoms with E-state index in [0.717, 1.165) is 0 Å². The van der Waals surface area contributed by atoms with E-state index in [2.05, 4.69) is 45.0 Å². The van der Waals surface area contributed by atoms with Gasteiger partial charge in [0, 0.05) is 12.0 Å². The molecule has 0 amide bonds. The molecule has 17 heavy (non-hydrogen) atoms. The lowest BCUT2D eigenvalue weighted by molar-refractivity contribution is -0.117. The van der Waals surface area contributed by atoms with Crippen LogP contribution in [0.3, 0.4) is 0 Å². The minimum Gasteiger partial charge on any atom is -0.299 e. The van der Waals surface area contributed by atoms with Crippen LogP contribution in [-0.2, 0) is 11.2 Å². The Labute approximate surface area is 105 Å². The average Bonchev–Trinajstić information content (AvgIpc) is 2.70. The molecule has 1 atom stereocenters. The minimum atomic E-state index is -1.45. The Morgan fingerprint density at radius 1 is 1.12 bits per heavy atom. The Balaban J connectivity index is 2.48. The fourth-order valence-electron chi connectivity index (χ4n) is 3.47. The fourth-order valence-corrected chi connectivity index (χ4v) is 7.92. The molecule has 0 bridgehead atoms. The van der Waals surface area contributed by atoms with E-state index in [1.54, 1.807) is 0 Å². The van der Waals surface area contributed by atoms with Crippen LogP contribution in [0, 0.1) is 0 Å². The van der Waals surface area contributed by atoms with E-state index in [0.29, 0.717) is 12.2 Å². The van der Waals surface area contributed by atoms with Gasteiger partial charge in [0.15, 0.2) is 0 Å². The first-order valence-electron chi connectivity index (χ1n) is 6.79. The Hall–Kier alpha value is -0.893. The molecule has 1 aliphatic rings. The van der Waals surface area contributed by atoms with Gasteiger partial charge < -0.3 is 0 Å². The number of carbonyl (C=O) groups excluding carboxylic acids is 1. The summed E-state index contributed by atoms with van der Waals surface area (Å²) in [5, 5.41) is 0. The number of ketones is 1. The molecule has 1 nitrogen and oxygen atoms in total. The lowest BCUT2D eigenvalue weighted by Crippen LogP contribution is -2.42. The standard InChI is InChI=1S/C15H22OSi/c1-4-17(5-2,6-3)15-13-10-8-7-9-12(13)11-14(15)16/h7-10,15H,4-6,11H2,1-3H3. The highest BCUT2D eigenvalue weighted by Crippen LogP contribution is 2.42. The molecular formula is C15H22OSi. The predicted octanol–water partition coefficient (Wildman–Crippen LogP) is 3.94. The van der Waals surface area contributed by atoms with Crippen LogP contribution in [-0.4, -0.2) is 13.9 Å². The number of carbonyl (C=O) groups is 1. The Morgan fingerprint density at radius 2 is 1.71 bits per heavy atom. The third kappa shape index (κ3) is 1.88. The van der Waals surface area contributed by atoms with E-state index >= 15 is 0 Å². The van der Waals surface area contributed by atoms with Crippen LogP contribution in [0.2, 0.25) is 18.1 Å². The van der Waals surface area contributed by atoms with Crippen molar-refractivity contribution in [2.45, 2.75) is 50.9 Å². The summed E-state index contributed by atoms with van der Waals surface area (Å²) in [6.07, 6.45) is 0.676. The molecule has 0 heterocycles. The fraction of sp³-hybridized carbons (Fsp3) is 0.533. The van der Waals surface area contributed by atoms with Gasteiger partial charge in [-0.05, 0) is 11.1 Å². The van der Waals surface area contributed by atoms with Crippen molar-refractivity contribution >= 4 is 13.9 Å². The smallest absolute Gasteiger partial charge is 0.142 e. The highest BCUT2D eigenvalue weighted by Gasteiger charge is 2.45. The first-order valence-corrected chi connectivity index (χ1v) is 9.49. The molecule has 0 aromatic heterocycles. The first-order chi connectivity index (χ1) is 8.18. The summed E-state index contributed by atoms with van der Waals surface area (Å²) in [5.74, 6) is 0.489. The molecule has 0 saturated heterocycles. The van der Waals surface area contributed by atoms with Crippen molar-refractivity contribution in [2.75, 3.05) is 0 Å². The summed E-state index contributed by atoms with van der Waals surface area (Å²) in [6.45, 7) is 6.86. The Kier molecular flexibility index (Phi) is 3.52. The number of benzene rings is 1. The molecule has 2 heteroatoms. The van der Waals surface area contributed by atoms with Crippen LogP contribution >= 0.6 is 0 Å². The SMILES string of the molecule is CC[Si](CC)(CC)C1C(=O)Cc2ccccc21. The van der Waals surface area contributed by atoms with E-state index < -0.39 is 8.07 Å². The summed E-state index contributed by atoms with van der Waals surface area (Å²) < 4.78 is 0. The number of hydrogen-bond donors (Lipinski definition) is 0. The van der Waals surface area contributed by atoms with Crippen molar-refractivity contribution in [1.82, 2.24) is 0 Å². The highest BCUT2D eigenvalue weighted by atomic mass is 28.3. The molecule has 0 fully saturated rings. The predicted molar refractivity (Wildman–Crippen MR) is 75.1 cm³/mol. The number of rotatable bonds is 4. The van der Waals surface area contributed by atoms with E-state index in [1.165, 1.54) is 29.3 Å². The van der Waals surface area contributed by atoms with Gasteiger partial charge in [-0.1, -0.05) is 63.2 Å². The van der Waals surface area contributed by atoms with Crippen molar-refractivity contribution in [1.29, 1.82) is 0 Å². The van der Waals surface area contributed by atoms with Crippen molar-refractivity contribution in [3.8, 4) is 0 Å². The molecule has 1 aromatic carbocycles. The summed E-state index contributed by atoms with van der Waals surface area (Å²) in [6, 6.07) is 12.1. The topological polar surface area (TPSA) is 17.1 Å². The van der Waals surface area contributed by atoms with Crippen LogP contribution < -0.4 is 0 Å². The zero-order chi connectivity index (χ0) is 12.5. The summed E-state index contributed by atoms with van der Waals surface area (Å²) in [5.41, 5.74) is 2.92. The van der Waals surface area contributed by atoms with Gasteiger partial charge in [-0.3, -0.25) is 4.79 Å². The van der Waals surface area contributed by atoms with E-state index in [1.807, 2.05) is 0 Å². The third-order valence-electron chi connectivity index (χ3n) is 4.78.